The number of hydrogen-bond donors (Lipinski definition) is 0. The van der Waals surface area contributed by atoms with Gasteiger partial charge < -0.3 is 9.64 Å². The minimum absolute atomic E-state index is 0.182. The molecular formula is C19H26N2O2. The van der Waals surface area contributed by atoms with Crippen LogP contribution in [-0.2, 0) is 16.1 Å². The molecule has 2 atom stereocenters. The number of rotatable bonds is 4. The van der Waals surface area contributed by atoms with Gasteiger partial charge in [0.2, 0.25) is 0 Å². The molecule has 2 aliphatic rings. The predicted molar refractivity (Wildman–Crippen MR) is 90.9 cm³/mol. The number of carbonyl (C=O) groups excluding carboxylic acids is 1. The molecule has 23 heavy (non-hydrogen) atoms. The van der Waals surface area contributed by atoms with Gasteiger partial charge in [-0.3, -0.25) is 4.90 Å². The Morgan fingerprint density at radius 3 is 2.43 bits per heavy atom. The van der Waals surface area contributed by atoms with Gasteiger partial charge in [0, 0.05) is 50.6 Å². The highest BCUT2D eigenvalue weighted by molar-refractivity contribution is 5.83. The Balaban J connectivity index is 1.72. The summed E-state index contributed by atoms with van der Waals surface area (Å²) in [6, 6.07) is 10.6. The van der Waals surface area contributed by atoms with Crippen molar-refractivity contribution in [1.29, 1.82) is 0 Å². The summed E-state index contributed by atoms with van der Waals surface area (Å²) in [5.41, 5.74) is 2.66. The second kappa shape index (κ2) is 7.28. The second-order valence-corrected chi connectivity index (χ2v) is 6.69. The first-order valence-corrected chi connectivity index (χ1v) is 8.48. The zero-order chi connectivity index (χ0) is 16.2. The summed E-state index contributed by atoms with van der Waals surface area (Å²) in [7, 11) is 2.17. The summed E-state index contributed by atoms with van der Waals surface area (Å²) in [5, 5.41) is 0. The Kier molecular flexibility index (Phi) is 5.13. The SMILES string of the molecule is CCOC(=O)C=C1C2CN(C)CC1CN(Cc1ccccc1)C2. The van der Waals surface area contributed by atoms with Crippen LogP contribution in [0.5, 0.6) is 0 Å². The normalized spacial score (nSPS) is 25.2. The summed E-state index contributed by atoms with van der Waals surface area (Å²) in [5.74, 6) is 0.680. The van der Waals surface area contributed by atoms with Crippen LogP contribution < -0.4 is 0 Å². The van der Waals surface area contributed by atoms with E-state index >= 15 is 0 Å². The molecule has 0 spiro atoms. The van der Waals surface area contributed by atoms with Crippen molar-refractivity contribution >= 4 is 5.97 Å². The van der Waals surface area contributed by atoms with E-state index in [4.69, 9.17) is 4.74 Å². The van der Waals surface area contributed by atoms with Crippen LogP contribution in [0.2, 0.25) is 0 Å². The van der Waals surface area contributed by atoms with Gasteiger partial charge in [0.15, 0.2) is 0 Å². The molecule has 0 aliphatic carbocycles. The number of likely N-dealkylation sites (tertiary alicyclic amines) is 2. The van der Waals surface area contributed by atoms with Crippen LogP contribution in [-0.4, -0.2) is 55.6 Å². The average Bonchev–Trinajstić information content (AvgIpc) is 2.50. The van der Waals surface area contributed by atoms with E-state index in [9.17, 15) is 4.79 Å². The zero-order valence-electron chi connectivity index (χ0n) is 14.1. The van der Waals surface area contributed by atoms with Crippen molar-refractivity contribution in [2.45, 2.75) is 13.5 Å². The molecule has 2 unspecified atom stereocenters. The first-order valence-electron chi connectivity index (χ1n) is 8.48. The molecular weight excluding hydrogens is 288 g/mol. The molecule has 2 bridgehead atoms. The third-order valence-corrected chi connectivity index (χ3v) is 4.78. The van der Waals surface area contributed by atoms with Crippen LogP contribution in [0.3, 0.4) is 0 Å². The molecule has 2 saturated heterocycles. The highest BCUT2D eigenvalue weighted by Gasteiger charge is 2.37. The smallest absolute Gasteiger partial charge is 0.330 e. The van der Waals surface area contributed by atoms with E-state index in [1.165, 1.54) is 11.1 Å². The van der Waals surface area contributed by atoms with Gasteiger partial charge in [-0.05, 0) is 19.5 Å². The van der Waals surface area contributed by atoms with E-state index in [2.05, 4.69) is 47.2 Å². The van der Waals surface area contributed by atoms with Crippen molar-refractivity contribution in [2.75, 3.05) is 39.8 Å². The summed E-state index contributed by atoms with van der Waals surface area (Å²) in [4.78, 5) is 16.8. The van der Waals surface area contributed by atoms with Gasteiger partial charge in [0.1, 0.15) is 0 Å². The average molecular weight is 314 g/mol. The second-order valence-electron chi connectivity index (χ2n) is 6.69. The third-order valence-electron chi connectivity index (χ3n) is 4.78. The van der Waals surface area contributed by atoms with E-state index in [1.54, 1.807) is 6.08 Å². The van der Waals surface area contributed by atoms with E-state index in [0.717, 1.165) is 32.7 Å². The van der Waals surface area contributed by atoms with E-state index < -0.39 is 0 Å². The molecule has 4 nitrogen and oxygen atoms in total. The number of piperidine rings is 2. The van der Waals surface area contributed by atoms with Crippen LogP contribution in [0.15, 0.2) is 42.0 Å². The van der Waals surface area contributed by atoms with Crippen LogP contribution >= 0.6 is 0 Å². The molecule has 0 radical (unpaired) electrons. The number of benzene rings is 1. The maximum Gasteiger partial charge on any atom is 0.330 e. The topological polar surface area (TPSA) is 32.8 Å². The van der Waals surface area contributed by atoms with E-state index in [1.807, 2.05) is 6.92 Å². The lowest BCUT2D eigenvalue weighted by atomic mass is 9.79. The Hall–Kier alpha value is -1.65. The Morgan fingerprint density at radius 2 is 1.83 bits per heavy atom. The summed E-state index contributed by atoms with van der Waals surface area (Å²) < 4.78 is 5.12. The number of hydrogen-bond acceptors (Lipinski definition) is 4. The standard InChI is InChI=1S/C19H26N2O2/c1-3-23-19(22)9-18-16-11-20(2)12-17(18)14-21(13-16)10-15-7-5-4-6-8-15/h4-9,16-17H,3,10-14H2,1-2H3. The van der Waals surface area contributed by atoms with Crippen LogP contribution in [0, 0.1) is 11.8 Å². The largest absolute Gasteiger partial charge is 0.463 e. The van der Waals surface area contributed by atoms with Crippen LogP contribution in [0.4, 0.5) is 0 Å². The number of fused-ring (bicyclic) bond motifs is 2. The van der Waals surface area contributed by atoms with Gasteiger partial charge in [-0.2, -0.15) is 0 Å². The van der Waals surface area contributed by atoms with Gasteiger partial charge >= 0.3 is 5.97 Å². The van der Waals surface area contributed by atoms with E-state index in [-0.39, 0.29) is 5.97 Å². The fourth-order valence-electron chi connectivity index (χ4n) is 3.92. The van der Waals surface area contributed by atoms with Crippen molar-refractivity contribution in [3.63, 3.8) is 0 Å². The Bertz CT molecular complexity index is 552. The fourth-order valence-corrected chi connectivity index (χ4v) is 3.92. The maximum absolute atomic E-state index is 11.9. The number of nitrogens with zero attached hydrogens (tertiary/aromatic N) is 2. The quantitative estimate of drug-likeness (QED) is 0.630. The molecule has 1 aromatic rings. The maximum atomic E-state index is 11.9. The molecule has 1 aromatic carbocycles. The zero-order valence-corrected chi connectivity index (χ0v) is 14.1. The lowest BCUT2D eigenvalue weighted by Crippen LogP contribution is -2.52. The summed E-state index contributed by atoms with van der Waals surface area (Å²) >= 11 is 0. The molecule has 124 valence electrons. The molecule has 2 aliphatic heterocycles. The monoisotopic (exact) mass is 314 g/mol. The molecule has 3 rings (SSSR count). The lowest BCUT2D eigenvalue weighted by molar-refractivity contribution is -0.137. The highest BCUT2D eigenvalue weighted by Crippen LogP contribution is 2.34. The van der Waals surface area contributed by atoms with Crippen molar-refractivity contribution in [1.82, 2.24) is 9.80 Å². The number of esters is 1. The fraction of sp³-hybridized carbons (Fsp3) is 0.526. The van der Waals surface area contributed by atoms with Crippen LogP contribution in [0.25, 0.3) is 0 Å². The van der Waals surface area contributed by atoms with E-state index in [0.29, 0.717) is 18.4 Å². The summed E-state index contributed by atoms with van der Waals surface area (Å²) in [6.07, 6.45) is 1.77. The van der Waals surface area contributed by atoms with Gasteiger partial charge in [0.25, 0.3) is 0 Å². The number of ether oxygens (including phenoxy) is 1. The molecule has 0 amide bonds. The first kappa shape index (κ1) is 16.2. The Morgan fingerprint density at radius 1 is 1.17 bits per heavy atom. The molecule has 0 aromatic heterocycles. The third kappa shape index (κ3) is 4.01. The minimum atomic E-state index is -0.182. The van der Waals surface area contributed by atoms with Crippen molar-refractivity contribution in [3.8, 4) is 0 Å². The predicted octanol–water partition coefficient (Wildman–Crippen LogP) is 2.17. The number of carbonyl (C=O) groups is 1. The molecule has 2 fully saturated rings. The van der Waals surface area contributed by atoms with Gasteiger partial charge in [-0.15, -0.1) is 0 Å². The first-order chi connectivity index (χ1) is 11.2. The van der Waals surface area contributed by atoms with Crippen LogP contribution in [0.1, 0.15) is 12.5 Å². The molecule has 0 N–H and O–H groups in total. The van der Waals surface area contributed by atoms with Gasteiger partial charge in [0.05, 0.1) is 6.61 Å². The molecule has 4 heteroatoms. The molecule has 2 heterocycles. The van der Waals surface area contributed by atoms with Crippen molar-refractivity contribution in [3.05, 3.63) is 47.5 Å². The molecule has 0 saturated carbocycles. The summed E-state index contributed by atoms with van der Waals surface area (Å²) in [6.45, 7) is 7.36. The van der Waals surface area contributed by atoms with Crippen molar-refractivity contribution < 1.29 is 9.53 Å². The van der Waals surface area contributed by atoms with Crippen molar-refractivity contribution in [2.24, 2.45) is 11.8 Å². The minimum Gasteiger partial charge on any atom is -0.463 e. The van der Waals surface area contributed by atoms with Gasteiger partial charge in [-0.25, -0.2) is 4.79 Å². The van der Waals surface area contributed by atoms with Gasteiger partial charge in [-0.1, -0.05) is 35.9 Å². The lowest BCUT2D eigenvalue weighted by Gasteiger charge is -2.46. The highest BCUT2D eigenvalue weighted by atomic mass is 16.5. The Labute approximate surface area is 138 Å².